The summed E-state index contributed by atoms with van der Waals surface area (Å²) < 4.78 is 28.7. The maximum Gasteiger partial charge on any atom is 0.315 e. The number of carbonyl (C=O) groups excluding carboxylic acids is 1. The lowest BCUT2D eigenvalue weighted by Gasteiger charge is -2.14. The lowest BCUT2D eigenvalue weighted by atomic mass is 10.1. The van der Waals surface area contributed by atoms with Crippen LogP contribution in [-0.4, -0.2) is 32.3 Å². The van der Waals surface area contributed by atoms with Crippen LogP contribution in [0.15, 0.2) is 42.7 Å². The molecule has 2 amide bonds. The van der Waals surface area contributed by atoms with Crippen molar-refractivity contribution in [2.45, 2.75) is 12.6 Å². The Bertz CT molecular complexity index is 879. The average Bonchev–Trinajstić information content (AvgIpc) is 3.07. The van der Waals surface area contributed by atoms with Gasteiger partial charge in [0.05, 0.1) is 24.0 Å². The smallest absolute Gasteiger partial charge is 0.315 e. The van der Waals surface area contributed by atoms with Gasteiger partial charge in [-0.3, -0.25) is 0 Å². The molecular weight excluding hydrogens is 332 g/mol. The fraction of sp³-hybridized carbons (Fsp3) is 0.188. The van der Waals surface area contributed by atoms with Crippen LogP contribution in [0.1, 0.15) is 17.4 Å². The van der Waals surface area contributed by atoms with Crippen LogP contribution in [0.5, 0.6) is 0 Å². The van der Waals surface area contributed by atoms with E-state index in [4.69, 9.17) is 0 Å². The van der Waals surface area contributed by atoms with Gasteiger partial charge in [0, 0.05) is 18.8 Å². The molecule has 0 fully saturated rings. The minimum atomic E-state index is -1.49. The number of nitrogens with zero attached hydrogens (tertiary/aromatic N) is 3. The van der Waals surface area contributed by atoms with Crippen LogP contribution in [0, 0.1) is 11.6 Å². The van der Waals surface area contributed by atoms with Crippen molar-refractivity contribution < 1.29 is 18.7 Å². The molecule has 9 heteroatoms. The van der Waals surface area contributed by atoms with E-state index in [1.165, 1.54) is 6.07 Å². The molecule has 3 rings (SSSR count). The number of nitrogens with one attached hydrogen (secondary N) is 2. The predicted molar refractivity (Wildman–Crippen MR) is 84.5 cm³/mol. The highest BCUT2D eigenvalue weighted by Crippen LogP contribution is 2.19. The molecule has 0 bridgehead atoms. The number of aliphatic hydroxyl groups is 1. The van der Waals surface area contributed by atoms with E-state index in [9.17, 15) is 18.7 Å². The first-order valence-electron chi connectivity index (χ1n) is 7.47. The second-order valence-electron chi connectivity index (χ2n) is 5.25. The Labute approximate surface area is 141 Å². The van der Waals surface area contributed by atoms with E-state index in [2.05, 4.69) is 20.7 Å². The molecule has 0 aliphatic rings. The molecular formula is C16H15F2N5O2. The van der Waals surface area contributed by atoms with Crippen LogP contribution in [0.4, 0.5) is 13.6 Å². The number of aliphatic hydroxyl groups excluding tert-OH is 1. The molecule has 1 aromatic carbocycles. The molecule has 0 saturated carbocycles. The number of rotatable bonds is 5. The van der Waals surface area contributed by atoms with Gasteiger partial charge in [-0.2, -0.15) is 5.10 Å². The van der Waals surface area contributed by atoms with Crippen LogP contribution < -0.4 is 10.6 Å². The van der Waals surface area contributed by atoms with Crippen LogP contribution in [0.2, 0.25) is 0 Å². The lowest BCUT2D eigenvalue weighted by molar-refractivity contribution is 0.164. The van der Waals surface area contributed by atoms with Crippen molar-refractivity contribution in [1.29, 1.82) is 0 Å². The van der Waals surface area contributed by atoms with Crippen LogP contribution in [0.25, 0.3) is 5.65 Å². The second-order valence-corrected chi connectivity index (χ2v) is 5.25. The zero-order valence-corrected chi connectivity index (χ0v) is 13.0. The van der Waals surface area contributed by atoms with E-state index >= 15 is 0 Å². The van der Waals surface area contributed by atoms with Crippen molar-refractivity contribution in [2.75, 3.05) is 6.54 Å². The van der Waals surface area contributed by atoms with Crippen molar-refractivity contribution in [3.05, 3.63) is 65.6 Å². The molecule has 0 aliphatic carbocycles. The number of carbonyl (C=O) groups is 1. The monoisotopic (exact) mass is 347 g/mol. The summed E-state index contributed by atoms with van der Waals surface area (Å²) in [4.78, 5) is 15.9. The molecule has 1 unspecified atom stereocenters. The molecule has 7 nitrogen and oxygen atoms in total. The van der Waals surface area contributed by atoms with Crippen molar-refractivity contribution in [2.24, 2.45) is 0 Å². The van der Waals surface area contributed by atoms with Crippen LogP contribution in [0.3, 0.4) is 0 Å². The molecule has 2 aromatic heterocycles. The lowest BCUT2D eigenvalue weighted by Crippen LogP contribution is -2.38. The maximum atomic E-state index is 13.6. The molecule has 0 spiro atoms. The van der Waals surface area contributed by atoms with E-state index in [-0.39, 0.29) is 13.1 Å². The molecule has 3 N–H and O–H groups in total. The van der Waals surface area contributed by atoms with Gasteiger partial charge in [-0.05, 0) is 18.2 Å². The number of fused-ring (bicyclic) bond motifs is 1. The topological polar surface area (TPSA) is 91.6 Å². The molecule has 130 valence electrons. The summed E-state index contributed by atoms with van der Waals surface area (Å²) in [6.07, 6.45) is 1.69. The van der Waals surface area contributed by atoms with E-state index in [1.807, 2.05) is 0 Å². The highest BCUT2D eigenvalue weighted by molar-refractivity contribution is 5.73. The van der Waals surface area contributed by atoms with E-state index in [0.717, 1.165) is 12.1 Å². The van der Waals surface area contributed by atoms with Gasteiger partial charge < -0.3 is 15.7 Å². The summed E-state index contributed by atoms with van der Waals surface area (Å²) in [5.74, 6) is -1.74. The first kappa shape index (κ1) is 16.8. The largest absolute Gasteiger partial charge is 0.386 e. The zero-order chi connectivity index (χ0) is 17.8. The van der Waals surface area contributed by atoms with Gasteiger partial charge in [0.25, 0.3) is 0 Å². The normalized spacial score (nSPS) is 12.1. The maximum absolute atomic E-state index is 13.6. The summed E-state index contributed by atoms with van der Waals surface area (Å²) in [5.41, 5.74) is 0.867. The van der Waals surface area contributed by atoms with Gasteiger partial charge in [-0.15, -0.1) is 0 Å². The van der Waals surface area contributed by atoms with Gasteiger partial charge in [0.1, 0.15) is 17.7 Å². The van der Waals surface area contributed by atoms with Crippen molar-refractivity contribution in [3.63, 3.8) is 0 Å². The second kappa shape index (κ2) is 7.22. The fourth-order valence-electron chi connectivity index (χ4n) is 2.37. The standard InChI is InChI=1S/C16H15F2N5O2/c17-11-2-1-3-12(18)15(11)13(24)9-21-16(25)20-8-10-4-6-19-14-5-7-22-23(10)14/h1-7,13,24H,8-9H2,(H2,20,21,25). The minimum Gasteiger partial charge on any atom is -0.386 e. The minimum absolute atomic E-state index is 0.163. The number of benzene rings is 1. The average molecular weight is 347 g/mol. The summed E-state index contributed by atoms with van der Waals surface area (Å²) in [7, 11) is 0. The van der Waals surface area contributed by atoms with Gasteiger partial charge in [-0.1, -0.05) is 6.07 Å². The number of aromatic nitrogens is 3. The molecule has 0 aliphatic heterocycles. The van der Waals surface area contributed by atoms with Crippen molar-refractivity contribution >= 4 is 11.7 Å². The number of hydrogen-bond acceptors (Lipinski definition) is 4. The Balaban J connectivity index is 1.55. The zero-order valence-electron chi connectivity index (χ0n) is 13.0. The number of urea groups is 1. The van der Waals surface area contributed by atoms with Crippen LogP contribution >= 0.6 is 0 Å². The van der Waals surface area contributed by atoms with Crippen LogP contribution in [-0.2, 0) is 6.54 Å². The Hall–Kier alpha value is -3.07. The van der Waals surface area contributed by atoms with Gasteiger partial charge in [0.15, 0.2) is 5.65 Å². The quantitative estimate of drug-likeness (QED) is 0.653. The molecule has 1 atom stereocenters. The van der Waals surface area contributed by atoms with E-state index in [0.29, 0.717) is 11.3 Å². The van der Waals surface area contributed by atoms with E-state index in [1.54, 1.807) is 29.0 Å². The Morgan fingerprint density at radius 3 is 2.68 bits per heavy atom. The molecule has 0 radical (unpaired) electrons. The highest BCUT2D eigenvalue weighted by atomic mass is 19.1. The Kier molecular flexibility index (Phi) is 4.85. The SMILES string of the molecule is O=C(NCc1ccnc2ccnn12)NCC(O)c1c(F)cccc1F. The molecule has 0 saturated heterocycles. The summed E-state index contributed by atoms with van der Waals surface area (Å²) in [6, 6.07) is 6.12. The number of halogens is 2. The highest BCUT2D eigenvalue weighted by Gasteiger charge is 2.18. The summed E-state index contributed by atoms with van der Waals surface area (Å²) >= 11 is 0. The number of amides is 2. The molecule has 2 heterocycles. The predicted octanol–water partition coefficient (Wildman–Crippen LogP) is 1.54. The van der Waals surface area contributed by atoms with Gasteiger partial charge >= 0.3 is 6.03 Å². The summed E-state index contributed by atoms with van der Waals surface area (Å²) in [6.45, 7) is -0.173. The third-order valence-corrected chi connectivity index (χ3v) is 3.59. The van der Waals surface area contributed by atoms with Gasteiger partial charge in [0.2, 0.25) is 0 Å². The first-order valence-corrected chi connectivity index (χ1v) is 7.47. The van der Waals surface area contributed by atoms with Crippen molar-refractivity contribution in [3.8, 4) is 0 Å². The third-order valence-electron chi connectivity index (χ3n) is 3.59. The van der Waals surface area contributed by atoms with E-state index < -0.39 is 29.3 Å². The first-order chi connectivity index (χ1) is 12.1. The third kappa shape index (κ3) is 3.72. The Morgan fingerprint density at radius 1 is 1.16 bits per heavy atom. The summed E-state index contributed by atoms with van der Waals surface area (Å²) in [5, 5.41) is 18.9. The molecule has 3 aromatic rings. The fourth-order valence-corrected chi connectivity index (χ4v) is 2.37. The Morgan fingerprint density at radius 2 is 1.92 bits per heavy atom. The van der Waals surface area contributed by atoms with Gasteiger partial charge in [-0.25, -0.2) is 23.1 Å². The van der Waals surface area contributed by atoms with Crippen molar-refractivity contribution in [1.82, 2.24) is 25.2 Å². The number of hydrogen-bond donors (Lipinski definition) is 3. The molecule has 25 heavy (non-hydrogen) atoms.